The summed E-state index contributed by atoms with van der Waals surface area (Å²) in [6.45, 7) is 1.87. The first-order valence-corrected chi connectivity index (χ1v) is 8.31. The number of urea groups is 1. The molecule has 1 aliphatic rings. The van der Waals surface area contributed by atoms with E-state index in [9.17, 15) is 9.90 Å². The molecular formula is C16H20N2O3S. The number of amides is 2. The van der Waals surface area contributed by atoms with Crippen molar-refractivity contribution in [1.29, 1.82) is 0 Å². The Morgan fingerprint density at radius 2 is 2.41 bits per heavy atom. The topological polar surface area (TPSA) is 74.5 Å². The molecular weight excluding hydrogens is 300 g/mol. The van der Waals surface area contributed by atoms with E-state index in [0.717, 1.165) is 35.5 Å². The van der Waals surface area contributed by atoms with Crippen LogP contribution in [0.3, 0.4) is 0 Å². The Morgan fingerprint density at radius 1 is 1.55 bits per heavy atom. The number of thiophene rings is 1. The van der Waals surface area contributed by atoms with Gasteiger partial charge < -0.3 is 20.2 Å². The summed E-state index contributed by atoms with van der Waals surface area (Å²) >= 11 is 1.47. The van der Waals surface area contributed by atoms with Crippen LogP contribution in [0.15, 0.2) is 34.3 Å². The summed E-state index contributed by atoms with van der Waals surface area (Å²) in [6, 6.07) is 5.38. The van der Waals surface area contributed by atoms with E-state index in [4.69, 9.17) is 4.42 Å². The highest BCUT2D eigenvalue weighted by atomic mass is 32.1. The van der Waals surface area contributed by atoms with Crippen molar-refractivity contribution in [1.82, 2.24) is 10.6 Å². The van der Waals surface area contributed by atoms with Gasteiger partial charge in [0.25, 0.3) is 0 Å². The molecule has 2 aromatic rings. The molecule has 6 heteroatoms. The van der Waals surface area contributed by atoms with E-state index >= 15 is 0 Å². The van der Waals surface area contributed by atoms with Gasteiger partial charge in [-0.2, -0.15) is 0 Å². The predicted octanol–water partition coefficient (Wildman–Crippen LogP) is 2.93. The van der Waals surface area contributed by atoms with Crippen LogP contribution in [0.2, 0.25) is 0 Å². The smallest absolute Gasteiger partial charge is 0.315 e. The number of rotatable bonds is 4. The molecule has 2 atom stereocenters. The van der Waals surface area contributed by atoms with E-state index in [1.54, 1.807) is 13.2 Å². The van der Waals surface area contributed by atoms with Crippen LogP contribution >= 0.6 is 11.3 Å². The molecule has 0 aromatic carbocycles. The second-order valence-electron chi connectivity index (χ2n) is 5.82. The fraction of sp³-hybridized carbons (Fsp3) is 0.438. The lowest BCUT2D eigenvalue weighted by atomic mass is 9.93. The molecule has 0 spiro atoms. The molecule has 5 nitrogen and oxygen atoms in total. The first-order chi connectivity index (χ1) is 10.6. The SMILES string of the molecule is CC(O)(CNC(=O)NC1CCCc2occc21)c1cccs1. The van der Waals surface area contributed by atoms with Gasteiger partial charge >= 0.3 is 6.03 Å². The van der Waals surface area contributed by atoms with Crippen molar-refractivity contribution in [2.24, 2.45) is 0 Å². The second-order valence-corrected chi connectivity index (χ2v) is 6.77. The third-order valence-electron chi connectivity index (χ3n) is 4.00. The van der Waals surface area contributed by atoms with E-state index in [-0.39, 0.29) is 18.6 Å². The maximum absolute atomic E-state index is 12.1. The minimum absolute atomic E-state index is 0.0193. The van der Waals surface area contributed by atoms with Gasteiger partial charge in [0.05, 0.1) is 18.8 Å². The third-order valence-corrected chi connectivity index (χ3v) is 5.13. The zero-order valence-corrected chi connectivity index (χ0v) is 13.3. The van der Waals surface area contributed by atoms with Gasteiger partial charge in [-0.25, -0.2) is 4.79 Å². The molecule has 118 valence electrons. The van der Waals surface area contributed by atoms with Crippen LogP contribution in [-0.2, 0) is 12.0 Å². The lowest BCUT2D eigenvalue weighted by Gasteiger charge is -2.25. The first-order valence-electron chi connectivity index (χ1n) is 7.43. The van der Waals surface area contributed by atoms with E-state index in [1.165, 1.54) is 11.3 Å². The van der Waals surface area contributed by atoms with E-state index in [2.05, 4.69) is 10.6 Å². The number of aliphatic hydroxyl groups is 1. The molecule has 3 N–H and O–H groups in total. The molecule has 0 bridgehead atoms. The Hall–Kier alpha value is -1.79. The second kappa shape index (κ2) is 6.14. The van der Waals surface area contributed by atoms with Gasteiger partial charge in [-0.05, 0) is 37.3 Å². The van der Waals surface area contributed by atoms with Gasteiger partial charge in [-0.3, -0.25) is 0 Å². The van der Waals surface area contributed by atoms with Crippen molar-refractivity contribution in [2.75, 3.05) is 6.54 Å². The highest BCUT2D eigenvalue weighted by Crippen LogP contribution is 2.30. The van der Waals surface area contributed by atoms with Crippen LogP contribution < -0.4 is 10.6 Å². The lowest BCUT2D eigenvalue weighted by molar-refractivity contribution is 0.0630. The van der Waals surface area contributed by atoms with Crippen molar-refractivity contribution < 1.29 is 14.3 Å². The maximum Gasteiger partial charge on any atom is 0.315 e. The minimum atomic E-state index is -1.06. The summed E-state index contributed by atoms with van der Waals surface area (Å²) in [4.78, 5) is 12.9. The number of carbonyl (C=O) groups excluding carboxylic acids is 1. The number of hydrogen-bond donors (Lipinski definition) is 3. The van der Waals surface area contributed by atoms with Gasteiger partial charge in [0.1, 0.15) is 11.4 Å². The number of furan rings is 1. The molecule has 2 heterocycles. The summed E-state index contributed by atoms with van der Waals surface area (Å²) in [5.74, 6) is 0.960. The number of fused-ring (bicyclic) bond motifs is 1. The Bertz CT molecular complexity index is 634. The standard InChI is InChI=1S/C16H20N2O3S/c1-16(20,14-6-3-9-22-14)10-17-15(19)18-12-4-2-5-13-11(12)7-8-21-13/h3,6-9,12,20H,2,4-5,10H2,1H3,(H2,17,18,19). The largest absolute Gasteiger partial charge is 0.469 e. The van der Waals surface area contributed by atoms with E-state index < -0.39 is 5.60 Å². The predicted molar refractivity (Wildman–Crippen MR) is 84.8 cm³/mol. The van der Waals surface area contributed by atoms with Crippen LogP contribution in [0.25, 0.3) is 0 Å². The van der Waals surface area contributed by atoms with Gasteiger partial charge in [0.2, 0.25) is 0 Å². The van der Waals surface area contributed by atoms with Gasteiger partial charge in [0, 0.05) is 16.9 Å². The Balaban J connectivity index is 1.56. The highest BCUT2D eigenvalue weighted by molar-refractivity contribution is 7.10. The Kier molecular flexibility index (Phi) is 4.22. The van der Waals surface area contributed by atoms with Gasteiger partial charge in [0.15, 0.2) is 0 Å². The zero-order chi connectivity index (χ0) is 15.6. The lowest BCUT2D eigenvalue weighted by Crippen LogP contribution is -2.44. The van der Waals surface area contributed by atoms with Crippen molar-refractivity contribution in [3.8, 4) is 0 Å². The molecule has 0 aliphatic heterocycles. The van der Waals surface area contributed by atoms with Crippen LogP contribution in [0.1, 0.15) is 42.0 Å². The fourth-order valence-corrected chi connectivity index (χ4v) is 3.56. The summed E-state index contributed by atoms with van der Waals surface area (Å²) < 4.78 is 5.42. The molecule has 3 rings (SSSR count). The van der Waals surface area contributed by atoms with Crippen LogP contribution in [0.5, 0.6) is 0 Å². The molecule has 22 heavy (non-hydrogen) atoms. The highest BCUT2D eigenvalue weighted by Gasteiger charge is 2.27. The van der Waals surface area contributed by atoms with Crippen molar-refractivity contribution in [3.05, 3.63) is 46.0 Å². The van der Waals surface area contributed by atoms with Crippen molar-refractivity contribution in [2.45, 2.75) is 37.8 Å². The Labute approximate surface area is 133 Å². The minimum Gasteiger partial charge on any atom is -0.469 e. The normalized spacial score (nSPS) is 20.0. The van der Waals surface area contributed by atoms with Crippen LogP contribution in [0, 0.1) is 0 Å². The van der Waals surface area contributed by atoms with E-state index in [1.807, 2.05) is 23.6 Å². The quantitative estimate of drug-likeness (QED) is 0.811. The molecule has 2 amide bonds. The molecule has 2 aromatic heterocycles. The molecule has 1 aliphatic carbocycles. The van der Waals surface area contributed by atoms with Crippen molar-refractivity contribution in [3.63, 3.8) is 0 Å². The zero-order valence-electron chi connectivity index (χ0n) is 12.5. The average Bonchev–Trinajstić information content (AvgIpc) is 3.17. The first kappa shape index (κ1) is 15.1. The molecule has 0 radical (unpaired) electrons. The number of hydrogen-bond acceptors (Lipinski definition) is 4. The number of aryl methyl sites for hydroxylation is 1. The van der Waals surface area contributed by atoms with Crippen molar-refractivity contribution >= 4 is 17.4 Å². The molecule has 2 unspecified atom stereocenters. The van der Waals surface area contributed by atoms with Crippen LogP contribution in [-0.4, -0.2) is 17.7 Å². The average molecular weight is 320 g/mol. The summed E-state index contributed by atoms with van der Waals surface area (Å²) in [5, 5.41) is 18.0. The summed E-state index contributed by atoms with van der Waals surface area (Å²) in [5.41, 5.74) is 0.00482. The number of nitrogens with one attached hydrogen (secondary N) is 2. The maximum atomic E-state index is 12.1. The third kappa shape index (κ3) is 3.18. The van der Waals surface area contributed by atoms with E-state index in [0.29, 0.717) is 0 Å². The van der Waals surface area contributed by atoms with Crippen LogP contribution in [0.4, 0.5) is 4.79 Å². The molecule has 0 saturated heterocycles. The summed E-state index contributed by atoms with van der Waals surface area (Å²) in [7, 11) is 0. The van der Waals surface area contributed by atoms with Gasteiger partial charge in [-0.15, -0.1) is 11.3 Å². The molecule has 0 saturated carbocycles. The fourth-order valence-electron chi connectivity index (χ4n) is 2.77. The Morgan fingerprint density at radius 3 is 3.18 bits per heavy atom. The number of carbonyl (C=O) groups is 1. The monoisotopic (exact) mass is 320 g/mol. The molecule has 0 fully saturated rings. The van der Waals surface area contributed by atoms with Gasteiger partial charge in [-0.1, -0.05) is 6.07 Å². The summed E-state index contributed by atoms with van der Waals surface area (Å²) in [6.07, 6.45) is 4.50.